The molecule has 0 aromatic heterocycles. The summed E-state index contributed by atoms with van der Waals surface area (Å²) in [7, 11) is 1.52. The van der Waals surface area contributed by atoms with Gasteiger partial charge in [0.15, 0.2) is 6.61 Å². The highest BCUT2D eigenvalue weighted by Gasteiger charge is 2.11. The van der Waals surface area contributed by atoms with Gasteiger partial charge < -0.3 is 14.8 Å². The van der Waals surface area contributed by atoms with Crippen molar-refractivity contribution in [3.05, 3.63) is 51.0 Å². The molecular formula is C16H14Cl3NO3. The highest BCUT2D eigenvalue weighted by molar-refractivity contribution is 6.35. The number of amides is 1. The lowest BCUT2D eigenvalue weighted by atomic mass is 10.2. The number of carbonyl (C=O) groups excluding carboxylic acids is 1. The fourth-order valence-corrected chi connectivity index (χ4v) is 2.86. The number of anilines is 1. The molecule has 2 aromatic carbocycles. The summed E-state index contributed by atoms with van der Waals surface area (Å²) >= 11 is 18.0. The van der Waals surface area contributed by atoms with Crippen LogP contribution in [0.25, 0.3) is 0 Å². The van der Waals surface area contributed by atoms with Crippen LogP contribution >= 0.6 is 34.8 Å². The molecule has 0 aliphatic heterocycles. The maximum atomic E-state index is 12.0. The molecule has 0 spiro atoms. The van der Waals surface area contributed by atoms with Gasteiger partial charge in [0.25, 0.3) is 5.91 Å². The molecule has 0 saturated carbocycles. The molecule has 1 N–H and O–H groups in total. The zero-order chi connectivity index (χ0) is 17.0. The third-order valence-electron chi connectivity index (χ3n) is 2.98. The smallest absolute Gasteiger partial charge is 0.262 e. The van der Waals surface area contributed by atoms with Gasteiger partial charge in [-0.25, -0.2) is 0 Å². The Morgan fingerprint density at radius 3 is 2.48 bits per heavy atom. The number of halogens is 3. The van der Waals surface area contributed by atoms with Crippen LogP contribution < -0.4 is 14.8 Å². The Bertz CT molecular complexity index is 712. The topological polar surface area (TPSA) is 47.6 Å². The molecule has 2 aromatic rings. The molecular weight excluding hydrogens is 361 g/mol. The van der Waals surface area contributed by atoms with Gasteiger partial charge in [0.1, 0.15) is 11.5 Å². The first-order valence-corrected chi connectivity index (χ1v) is 7.76. The maximum absolute atomic E-state index is 12.0. The van der Waals surface area contributed by atoms with Gasteiger partial charge in [-0.3, -0.25) is 4.79 Å². The van der Waals surface area contributed by atoms with E-state index < -0.39 is 0 Å². The Hall–Kier alpha value is -1.62. The van der Waals surface area contributed by atoms with E-state index in [2.05, 4.69) is 5.32 Å². The van der Waals surface area contributed by atoms with Crippen LogP contribution in [0.5, 0.6) is 11.5 Å². The molecule has 0 aliphatic carbocycles. The summed E-state index contributed by atoms with van der Waals surface area (Å²) in [6.07, 6.45) is 0. The average Bonchev–Trinajstić information content (AvgIpc) is 2.46. The Morgan fingerprint density at radius 1 is 1.13 bits per heavy atom. The fourth-order valence-electron chi connectivity index (χ4n) is 1.95. The van der Waals surface area contributed by atoms with E-state index in [-0.39, 0.29) is 12.5 Å². The van der Waals surface area contributed by atoms with Crippen LogP contribution in [-0.2, 0) is 4.79 Å². The molecule has 0 unspecified atom stereocenters. The maximum Gasteiger partial charge on any atom is 0.262 e. The Labute approximate surface area is 149 Å². The number of hydrogen-bond acceptors (Lipinski definition) is 3. The Balaban J connectivity index is 1.99. The highest BCUT2D eigenvalue weighted by atomic mass is 35.5. The molecule has 0 aliphatic rings. The number of aryl methyl sites for hydroxylation is 1. The van der Waals surface area contributed by atoms with E-state index in [1.165, 1.54) is 7.11 Å². The first-order chi connectivity index (χ1) is 10.9. The van der Waals surface area contributed by atoms with Crippen LogP contribution in [0.1, 0.15) is 5.56 Å². The van der Waals surface area contributed by atoms with Crippen LogP contribution in [0.3, 0.4) is 0 Å². The number of benzene rings is 2. The summed E-state index contributed by atoms with van der Waals surface area (Å²) in [5.74, 6) is 0.625. The van der Waals surface area contributed by atoms with Crippen LogP contribution in [0.2, 0.25) is 15.1 Å². The molecule has 0 atom stereocenters. The second kappa shape index (κ2) is 7.77. The third-order valence-corrected chi connectivity index (χ3v) is 3.77. The SMILES string of the molecule is COc1ccc(NC(=O)COc2c(C)cc(Cl)cc2Cl)cc1Cl. The van der Waals surface area contributed by atoms with Crippen molar-refractivity contribution in [3.63, 3.8) is 0 Å². The van der Waals surface area contributed by atoms with E-state index in [0.717, 1.165) is 5.56 Å². The minimum Gasteiger partial charge on any atom is -0.495 e. The molecule has 1 amide bonds. The summed E-state index contributed by atoms with van der Waals surface area (Å²) in [5.41, 5.74) is 1.30. The second-order valence-electron chi connectivity index (χ2n) is 4.72. The Morgan fingerprint density at radius 2 is 1.87 bits per heavy atom. The van der Waals surface area contributed by atoms with E-state index in [9.17, 15) is 4.79 Å². The number of carbonyl (C=O) groups is 1. The molecule has 0 saturated heterocycles. The van der Waals surface area contributed by atoms with Gasteiger partial charge in [0.05, 0.1) is 17.2 Å². The summed E-state index contributed by atoms with van der Waals surface area (Å²) in [4.78, 5) is 12.0. The van der Waals surface area contributed by atoms with E-state index >= 15 is 0 Å². The average molecular weight is 375 g/mol. The van der Waals surface area contributed by atoms with Gasteiger partial charge in [-0.05, 0) is 42.8 Å². The second-order valence-corrected chi connectivity index (χ2v) is 5.97. The molecule has 23 heavy (non-hydrogen) atoms. The Kier molecular flexibility index (Phi) is 5.99. The van der Waals surface area contributed by atoms with E-state index in [4.69, 9.17) is 44.3 Å². The van der Waals surface area contributed by atoms with Gasteiger partial charge in [0.2, 0.25) is 0 Å². The zero-order valence-corrected chi connectivity index (χ0v) is 14.7. The normalized spacial score (nSPS) is 10.3. The summed E-state index contributed by atoms with van der Waals surface area (Å²) < 4.78 is 10.5. The monoisotopic (exact) mass is 373 g/mol. The zero-order valence-electron chi connectivity index (χ0n) is 12.5. The molecule has 0 radical (unpaired) electrons. The van der Waals surface area contributed by atoms with Gasteiger partial charge in [-0.2, -0.15) is 0 Å². The standard InChI is InChI=1S/C16H14Cl3NO3/c1-9-5-10(17)6-13(19)16(9)23-8-15(21)20-11-3-4-14(22-2)12(18)7-11/h3-7H,8H2,1-2H3,(H,20,21). The highest BCUT2D eigenvalue weighted by Crippen LogP contribution is 2.32. The summed E-state index contributed by atoms with van der Waals surface area (Å²) in [5, 5.41) is 3.95. The minimum atomic E-state index is -0.336. The van der Waals surface area contributed by atoms with Gasteiger partial charge >= 0.3 is 0 Å². The van der Waals surface area contributed by atoms with Crippen LogP contribution in [0.4, 0.5) is 5.69 Å². The van der Waals surface area contributed by atoms with Crippen LogP contribution in [-0.4, -0.2) is 19.6 Å². The predicted octanol–water partition coefficient (Wildman–Crippen LogP) is 4.98. The van der Waals surface area contributed by atoms with E-state index in [1.807, 2.05) is 0 Å². The largest absolute Gasteiger partial charge is 0.495 e. The first-order valence-electron chi connectivity index (χ1n) is 6.62. The van der Waals surface area contributed by atoms with Crippen LogP contribution in [0, 0.1) is 6.92 Å². The number of hydrogen-bond donors (Lipinski definition) is 1. The van der Waals surface area contributed by atoms with Crippen molar-refractivity contribution in [2.45, 2.75) is 6.92 Å². The van der Waals surface area contributed by atoms with Crippen molar-refractivity contribution >= 4 is 46.4 Å². The number of nitrogens with one attached hydrogen (secondary N) is 1. The van der Waals surface area contributed by atoms with Crippen LogP contribution in [0.15, 0.2) is 30.3 Å². The quantitative estimate of drug-likeness (QED) is 0.803. The van der Waals surface area contributed by atoms with E-state index in [0.29, 0.717) is 32.3 Å². The lowest BCUT2D eigenvalue weighted by molar-refractivity contribution is -0.118. The number of methoxy groups -OCH3 is 1. The number of ether oxygens (including phenoxy) is 2. The van der Waals surface area contributed by atoms with Gasteiger partial charge in [0, 0.05) is 10.7 Å². The van der Waals surface area contributed by atoms with Crippen molar-refractivity contribution in [1.82, 2.24) is 0 Å². The van der Waals surface area contributed by atoms with Crippen molar-refractivity contribution in [2.75, 3.05) is 19.0 Å². The summed E-state index contributed by atoms with van der Waals surface area (Å²) in [6.45, 7) is 1.61. The number of rotatable bonds is 5. The molecule has 4 nitrogen and oxygen atoms in total. The van der Waals surface area contributed by atoms with Crippen molar-refractivity contribution in [3.8, 4) is 11.5 Å². The predicted molar refractivity (Wildman–Crippen MR) is 93.3 cm³/mol. The molecule has 0 bridgehead atoms. The lowest BCUT2D eigenvalue weighted by Crippen LogP contribution is -2.20. The molecule has 0 fully saturated rings. The van der Waals surface area contributed by atoms with Crippen molar-refractivity contribution in [2.24, 2.45) is 0 Å². The third kappa shape index (κ3) is 4.67. The fraction of sp³-hybridized carbons (Fsp3) is 0.188. The molecule has 7 heteroatoms. The molecule has 122 valence electrons. The lowest BCUT2D eigenvalue weighted by Gasteiger charge is -2.12. The minimum absolute atomic E-state index is 0.189. The van der Waals surface area contributed by atoms with E-state index in [1.54, 1.807) is 37.3 Å². The molecule has 0 heterocycles. The molecule has 2 rings (SSSR count). The van der Waals surface area contributed by atoms with Crippen molar-refractivity contribution < 1.29 is 14.3 Å². The summed E-state index contributed by atoms with van der Waals surface area (Å²) in [6, 6.07) is 8.22. The van der Waals surface area contributed by atoms with Crippen molar-refractivity contribution in [1.29, 1.82) is 0 Å². The first kappa shape index (κ1) is 17.7. The van der Waals surface area contributed by atoms with Gasteiger partial charge in [-0.15, -0.1) is 0 Å². The van der Waals surface area contributed by atoms with Gasteiger partial charge in [-0.1, -0.05) is 34.8 Å².